The van der Waals surface area contributed by atoms with Gasteiger partial charge in [0.25, 0.3) is 0 Å². The molecule has 5 heteroatoms. The molecule has 0 aliphatic heterocycles. The topological polar surface area (TPSA) is 61.4 Å². The molecule has 0 aromatic rings. The Morgan fingerprint density at radius 1 is 1.50 bits per heavy atom. The van der Waals surface area contributed by atoms with Crippen LogP contribution in [0.3, 0.4) is 0 Å². The Morgan fingerprint density at radius 2 is 2.22 bits per heavy atom. The standard InChI is InChI=1S/C13H26N2O2S/c1-4-9(2)12(16)8-14-13(17)15-10-5-6-11(7-10)18-3/h9-12,16H,4-8H2,1-3H3,(H2,14,15,17). The average Bonchev–Trinajstić information content (AvgIpc) is 2.82. The van der Waals surface area contributed by atoms with Crippen molar-refractivity contribution >= 4 is 17.8 Å². The molecule has 0 aromatic heterocycles. The first kappa shape index (κ1) is 15.6. The lowest BCUT2D eigenvalue weighted by Crippen LogP contribution is -2.44. The molecule has 4 unspecified atom stereocenters. The lowest BCUT2D eigenvalue weighted by Gasteiger charge is -2.19. The van der Waals surface area contributed by atoms with E-state index in [4.69, 9.17) is 0 Å². The van der Waals surface area contributed by atoms with Crippen molar-refractivity contribution in [2.75, 3.05) is 12.8 Å². The van der Waals surface area contributed by atoms with Crippen molar-refractivity contribution in [3.8, 4) is 0 Å². The second-order valence-electron chi connectivity index (χ2n) is 5.17. The Morgan fingerprint density at radius 3 is 2.78 bits per heavy atom. The van der Waals surface area contributed by atoms with E-state index in [2.05, 4.69) is 16.9 Å². The molecule has 0 bridgehead atoms. The Balaban J connectivity index is 2.18. The molecule has 4 atom stereocenters. The molecule has 1 saturated carbocycles. The van der Waals surface area contributed by atoms with Crippen molar-refractivity contribution in [1.82, 2.24) is 10.6 Å². The number of amides is 2. The number of nitrogens with one attached hydrogen (secondary N) is 2. The smallest absolute Gasteiger partial charge is 0.315 e. The molecule has 106 valence electrons. The summed E-state index contributed by atoms with van der Waals surface area (Å²) < 4.78 is 0. The average molecular weight is 274 g/mol. The molecule has 3 N–H and O–H groups in total. The van der Waals surface area contributed by atoms with Crippen LogP contribution in [0, 0.1) is 5.92 Å². The van der Waals surface area contributed by atoms with Crippen molar-refractivity contribution in [3.05, 3.63) is 0 Å². The summed E-state index contributed by atoms with van der Waals surface area (Å²) >= 11 is 1.88. The maximum absolute atomic E-state index is 11.7. The summed E-state index contributed by atoms with van der Waals surface area (Å²) in [6.45, 7) is 4.36. The van der Waals surface area contributed by atoms with Gasteiger partial charge in [0.1, 0.15) is 0 Å². The summed E-state index contributed by atoms with van der Waals surface area (Å²) in [5, 5.41) is 16.2. The van der Waals surface area contributed by atoms with Crippen LogP contribution in [0.2, 0.25) is 0 Å². The van der Waals surface area contributed by atoms with Gasteiger partial charge in [-0.15, -0.1) is 0 Å². The number of urea groups is 1. The lowest BCUT2D eigenvalue weighted by molar-refractivity contribution is 0.114. The molecule has 18 heavy (non-hydrogen) atoms. The van der Waals surface area contributed by atoms with Crippen LogP contribution in [0.1, 0.15) is 39.5 Å². The van der Waals surface area contributed by atoms with Crippen molar-refractivity contribution in [2.24, 2.45) is 5.92 Å². The molecular weight excluding hydrogens is 248 g/mol. The van der Waals surface area contributed by atoms with E-state index in [-0.39, 0.29) is 11.9 Å². The molecular formula is C13H26N2O2S. The van der Waals surface area contributed by atoms with Crippen LogP contribution in [0.25, 0.3) is 0 Å². The second kappa shape index (κ2) is 7.89. The van der Waals surface area contributed by atoms with Crippen LogP contribution in [0.5, 0.6) is 0 Å². The maximum Gasteiger partial charge on any atom is 0.315 e. The monoisotopic (exact) mass is 274 g/mol. The van der Waals surface area contributed by atoms with Gasteiger partial charge in [-0.3, -0.25) is 0 Å². The third-order valence-electron chi connectivity index (χ3n) is 3.83. The van der Waals surface area contributed by atoms with E-state index in [9.17, 15) is 9.90 Å². The van der Waals surface area contributed by atoms with Gasteiger partial charge in [0, 0.05) is 17.8 Å². The molecule has 4 nitrogen and oxygen atoms in total. The predicted octanol–water partition coefficient (Wildman–Crippen LogP) is 1.98. The van der Waals surface area contributed by atoms with Gasteiger partial charge in [-0.1, -0.05) is 20.3 Å². The maximum atomic E-state index is 11.7. The summed E-state index contributed by atoms with van der Waals surface area (Å²) in [5.41, 5.74) is 0. The predicted molar refractivity (Wildman–Crippen MR) is 76.9 cm³/mol. The summed E-state index contributed by atoms with van der Waals surface area (Å²) in [6, 6.07) is 0.146. The Bertz CT molecular complexity index is 263. The highest BCUT2D eigenvalue weighted by Gasteiger charge is 2.25. The van der Waals surface area contributed by atoms with Gasteiger partial charge >= 0.3 is 6.03 Å². The van der Waals surface area contributed by atoms with E-state index in [1.165, 1.54) is 6.42 Å². The van der Waals surface area contributed by atoms with Gasteiger partial charge in [0.05, 0.1) is 6.10 Å². The molecule has 0 radical (unpaired) electrons. The van der Waals surface area contributed by atoms with Gasteiger partial charge in [0.15, 0.2) is 0 Å². The molecule has 0 saturated heterocycles. The van der Waals surface area contributed by atoms with Crippen molar-refractivity contribution in [1.29, 1.82) is 0 Å². The second-order valence-corrected chi connectivity index (χ2v) is 6.31. The largest absolute Gasteiger partial charge is 0.391 e. The quantitative estimate of drug-likeness (QED) is 0.694. The highest BCUT2D eigenvalue weighted by Crippen LogP contribution is 2.27. The first-order valence-corrected chi connectivity index (χ1v) is 8.10. The SMILES string of the molecule is CCC(C)C(O)CNC(=O)NC1CCC(SC)C1. The number of carbonyl (C=O) groups excluding carboxylic acids is 1. The van der Waals surface area contributed by atoms with Crippen LogP contribution >= 0.6 is 11.8 Å². The van der Waals surface area contributed by atoms with E-state index in [0.717, 1.165) is 19.3 Å². The number of thioether (sulfide) groups is 1. The molecule has 1 aliphatic carbocycles. The van der Waals surface area contributed by atoms with E-state index in [0.29, 0.717) is 17.8 Å². The first-order chi connectivity index (χ1) is 8.56. The molecule has 1 aliphatic rings. The zero-order valence-electron chi connectivity index (χ0n) is 11.6. The summed E-state index contributed by atoms with van der Waals surface area (Å²) in [7, 11) is 0. The van der Waals surface area contributed by atoms with E-state index in [1.807, 2.05) is 25.6 Å². The van der Waals surface area contributed by atoms with Gasteiger partial charge in [0.2, 0.25) is 0 Å². The van der Waals surface area contributed by atoms with Gasteiger partial charge in [-0.25, -0.2) is 4.79 Å². The minimum atomic E-state index is -0.455. The fraction of sp³-hybridized carbons (Fsp3) is 0.923. The Labute approximate surface area is 114 Å². The molecule has 0 heterocycles. The zero-order chi connectivity index (χ0) is 13.5. The zero-order valence-corrected chi connectivity index (χ0v) is 12.4. The van der Waals surface area contributed by atoms with Gasteiger partial charge in [-0.05, 0) is 31.4 Å². The van der Waals surface area contributed by atoms with E-state index < -0.39 is 6.10 Å². The van der Waals surface area contributed by atoms with Gasteiger partial charge in [-0.2, -0.15) is 11.8 Å². The van der Waals surface area contributed by atoms with Crippen molar-refractivity contribution in [2.45, 2.75) is 56.9 Å². The van der Waals surface area contributed by atoms with Crippen LogP contribution < -0.4 is 10.6 Å². The molecule has 2 amide bonds. The summed E-state index contributed by atoms with van der Waals surface area (Å²) in [5.74, 6) is 0.220. The minimum Gasteiger partial charge on any atom is -0.391 e. The van der Waals surface area contributed by atoms with E-state index >= 15 is 0 Å². The highest BCUT2D eigenvalue weighted by molar-refractivity contribution is 7.99. The van der Waals surface area contributed by atoms with Crippen LogP contribution in [-0.2, 0) is 0 Å². The molecule has 1 fully saturated rings. The molecule has 1 rings (SSSR count). The lowest BCUT2D eigenvalue weighted by atomic mass is 10.0. The fourth-order valence-corrected chi connectivity index (χ4v) is 2.99. The highest BCUT2D eigenvalue weighted by atomic mass is 32.2. The van der Waals surface area contributed by atoms with Crippen molar-refractivity contribution < 1.29 is 9.90 Å². The molecule has 0 spiro atoms. The normalized spacial score (nSPS) is 26.7. The number of hydrogen-bond acceptors (Lipinski definition) is 3. The number of aliphatic hydroxyl groups is 1. The number of hydrogen-bond donors (Lipinski definition) is 3. The summed E-state index contributed by atoms with van der Waals surface area (Å²) in [6.07, 6.45) is 5.89. The third-order valence-corrected chi connectivity index (χ3v) is 4.92. The Kier molecular flexibility index (Phi) is 6.86. The van der Waals surface area contributed by atoms with Crippen LogP contribution in [0.15, 0.2) is 0 Å². The summed E-state index contributed by atoms with van der Waals surface area (Å²) in [4.78, 5) is 11.7. The number of aliphatic hydroxyl groups excluding tert-OH is 1. The minimum absolute atomic E-state index is 0.149. The van der Waals surface area contributed by atoms with Gasteiger partial charge < -0.3 is 15.7 Å². The van der Waals surface area contributed by atoms with Crippen LogP contribution in [0.4, 0.5) is 4.79 Å². The van der Waals surface area contributed by atoms with E-state index in [1.54, 1.807) is 0 Å². The molecule has 0 aromatic carbocycles. The third kappa shape index (κ3) is 5.06. The number of rotatable bonds is 6. The van der Waals surface area contributed by atoms with Crippen molar-refractivity contribution in [3.63, 3.8) is 0 Å². The Hall–Kier alpha value is -0.420. The fourth-order valence-electron chi connectivity index (χ4n) is 2.19. The first-order valence-electron chi connectivity index (χ1n) is 6.82. The number of carbonyl (C=O) groups is 1. The van der Waals surface area contributed by atoms with Crippen LogP contribution in [-0.4, -0.2) is 41.3 Å².